The molecule has 0 radical (unpaired) electrons. The molecule has 5 heteroatoms. The molecule has 116 valence electrons. The number of rotatable bonds is 7. The van der Waals surface area contributed by atoms with Crippen LogP contribution in [0.1, 0.15) is 36.2 Å². The van der Waals surface area contributed by atoms with Crippen molar-refractivity contribution in [1.82, 2.24) is 10.2 Å². The lowest BCUT2D eigenvalue weighted by molar-refractivity contribution is -0.137. The van der Waals surface area contributed by atoms with Crippen LogP contribution >= 0.6 is 0 Å². The van der Waals surface area contributed by atoms with Gasteiger partial charge in [-0.05, 0) is 37.7 Å². The molecule has 0 aromatic heterocycles. The fourth-order valence-electron chi connectivity index (χ4n) is 2.02. The third kappa shape index (κ3) is 5.95. The molecule has 0 aliphatic rings. The highest BCUT2D eigenvalue weighted by Gasteiger charge is 2.20. The van der Waals surface area contributed by atoms with E-state index in [0.717, 1.165) is 12.1 Å². The zero-order valence-electron chi connectivity index (χ0n) is 13.1. The molecule has 0 aliphatic carbocycles. The lowest BCUT2D eigenvalue weighted by Crippen LogP contribution is -2.40. The fourth-order valence-corrected chi connectivity index (χ4v) is 2.02. The van der Waals surface area contributed by atoms with E-state index in [9.17, 15) is 9.59 Å². The molecule has 1 rings (SSSR count). The second-order valence-electron chi connectivity index (χ2n) is 5.86. The molecule has 1 aromatic carbocycles. The summed E-state index contributed by atoms with van der Waals surface area (Å²) < 4.78 is 0. The average Bonchev–Trinajstić information content (AvgIpc) is 2.37. The molecule has 0 heterocycles. The maximum atomic E-state index is 12.2. The van der Waals surface area contributed by atoms with Crippen LogP contribution < -0.4 is 5.32 Å². The molecular formula is C16H24N2O3. The summed E-state index contributed by atoms with van der Waals surface area (Å²) in [5.41, 5.74) is 1.68. The Hall–Kier alpha value is -1.88. The monoisotopic (exact) mass is 292 g/mol. The van der Waals surface area contributed by atoms with Crippen LogP contribution in [0.2, 0.25) is 0 Å². The van der Waals surface area contributed by atoms with Crippen molar-refractivity contribution in [3.63, 3.8) is 0 Å². The number of hydrogen-bond acceptors (Lipinski definition) is 3. The topological polar surface area (TPSA) is 69.6 Å². The molecule has 0 spiro atoms. The van der Waals surface area contributed by atoms with Crippen molar-refractivity contribution in [2.75, 3.05) is 14.1 Å². The van der Waals surface area contributed by atoms with Crippen LogP contribution in [0.25, 0.3) is 0 Å². The minimum absolute atomic E-state index is 0.0673. The lowest BCUT2D eigenvalue weighted by Gasteiger charge is -2.20. The first-order chi connectivity index (χ1) is 9.79. The molecule has 1 aromatic rings. The van der Waals surface area contributed by atoms with Crippen LogP contribution in [0.4, 0.5) is 0 Å². The van der Waals surface area contributed by atoms with E-state index in [1.807, 2.05) is 40.1 Å². The third-order valence-corrected chi connectivity index (χ3v) is 3.23. The summed E-state index contributed by atoms with van der Waals surface area (Å²) in [6, 6.07) is 7.00. The summed E-state index contributed by atoms with van der Waals surface area (Å²) in [7, 11) is 3.97. The summed E-state index contributed by atoms with van der Waals surface area (Å²) in [5.74, 6) is -1.07. The van der Waals surface area contributed by atoms with Gasteiger partial charge in [-0.25, -0.2) is 0 Å². The van der Waals surface area contributed by atoms with Gasteiger partial charge in [-0.2, -0.15) is 0 Å². The van der Waals surface area contributed by atoms with Crippen molar-refractivity contribution in [2.45, 2.75) is 32.9 Å². The van der Waals surface area contributed by atoms with Crippen LogP contribution in [0.3, 0.4) is 0 Å². The van der Waals surface area contributed by atoms with Gasteiger partial charge in [0.2, 0.25) is 0 Å². The van der Waals surface area contributed by atoms with Gasteiger partial charge < -0.3 is 15.3 Å². The first kappa shape index (κ1) is 17.2. The SMILES string of the molecule is CC(C)C(CC(=O)O)NC(=O)c1ccc(CN(C)C)cc1. The number of carboxylic acid groups (broad SMARTS) is 1. The first-order valence-corrected chi connectivity index (χ1v) is 7.06. The summed E-state index contributed by atoms with van der Waals surface area (Å²) in [4.78, 5) is 25.0. The van der Waals surface area contributed by atoms with Crippen molar-refractivity contribution < 1.29 is 14.7 Å². The summed E-state index contributed by atoms with van der Waals surface area (Å²) >= 11 is 0. The van der Waals surface area contributed by atoms with Crippen LogP contribution in [0, 0.1) is 5.92 Å². The first-order valence-electron chi connectivity index (χ1n) is 7.06. The van der Waals surface area contributed by atoms with E-state index in [0.29, 0.717) is 5.56 Å². The molecule has 5 nitrogen and oxygen atoms in total. The number of hydrogen-bond donors (Lipinski definition) is 2. The fraction of sp³-hybridized carbons (Fsp3) is 0.500. The largest absolute Gasteiger partial charge is 0.481 e. The standard InChI is InChI=1S/C16H24N2O3/c1-11(2)14(9-15(19)20)17-16(21)13-7-5-12(6-8-13)10-18(3)4/h5-8,11,14H,9-10H2,1-4H3,(H,17,21)(H,19,20). The van der Waals surface area contributed by atoms with Crippen molar-refractivity contribution >= 4 is 11.9 Å². The van der Waals surface area contributed by atoms with Gasteiger partial charge >= 0.3 is 5.97 Å². The van der Waals surface area contributed by atoms with Gasteiger partial charge in [0, 0.05) is 18.2 Å². The predicted molar refractivity (Wildman–Crippen MR) is 82.2 cm³/mol. The number of carboxylic acids is 1. The summed E-state index contributed by atoms with van der Waals surface area (Å²) in [5, 5.41) is 11.7. The van der Waals surface area contributed by atoms with Gasteiger partial charge in [0.05, 0.1) is 6.42 Å². The number of nitrogens with zero attached hydrogens (tertiary/aromatic N) is 1. The van der Waals surface area contributed by atoms with Crippen molar-refractivity contribution in [1.29, 1.82) is 0 Å². The normalized spacial score (nSPS) is 12.5. The molecule has 1 unspecified atom stereocenters. The van der Waals surface area contributed by atoms with E-state index < -0.39 is 5.97 Å². The van der Waals surface area contributed by atoms with E-state index in [1.165, 1.54) is 0 Å². The predicted octanol–water partition coefficient (Wildman–Crippen LogP) is 1.98. The maximum absolute atomic E-state index is 12.2. The minimum atomic E-state index is -0.907. The van der Waals surface area contributed by atoms with Gasteiger partial charge in [-0.3, -0.25) is 9.59 Å². The second kappa shape index (κ2) is 7.78. The van der Waals surface area contributed by atoms with Gasteiger partial charge in [-0.15, -0.1) is 0 Å². The molecule has 0 saturated carbocycles. The average molecular weight is 292 g/mol. The van der Waals surface area contributed by atoms with Gasteiger partial charge in [0.25, 0.3) is 5.91 Å². The third-order valence-electron chi connectivity index (χ3n) is 3.23. The molecule has 2 N–H and O–H groups in total. The molecule has 1 atom stereocenters. The molecule has 0 bridgehead atoms. The molecule has 0 saturated heterocycles. The zero-order valence-corrected chi connectivity index (χ0v) is 13.1. The number of carbonyl (C=O) groups is 2. The summed E-state index contributed by atoms with van der Waals surface area (Å²) in [6.07, 6.45) is -0.0673. The van der Waals surface area contributed by atoms with Crippen LogP contribution in [-0.2, 0) is 11.3 Å². The molecule has 1 amide bonds. The maximum Gasteiger partial charge on any atom is 0.305 e. The van der Waals surface area contributed by atoms with Crippen molar-refractivity contribution in [3.8, 4) is 0 Å². The second-order valence-corrected chi connectivity index (χ2v) is 5.86. The van der Waals surface area contributed by atoms with Gasteiger partial charge in [-0.1, -0.05) is 26.0 Å². The van der Waals surface area contributed by atoms with Gasteiger partial charge in [0.1, 0.15) is 0 Å². The Morgan fingerprint density at radius 1 is 1.19 bits per heavy atom. The van der Waals surface area contributed by atoms with Crippen molar-refractivity contribution in [3.05, 3.63) is 35.4 Å². The number of aliphatic carboxylic acids is 1. The molecule has 0 fully saturated rings. The number of amides is 1. The number of carbonyl (C=O) groups excluding carboxylic acids is 1. The van der Waals surface area contributed by atoms with E-state index in [2.05, 4.69) is 10.2 Å². The lowest BCUT2D eigenvalue weighted by atomic mass is 10.0. The Morgan fingerprint density at radius 2 is 1.76 bits per heavy atom. The quantitative estimate of drug-likeness (QED) is 0.806. The van der Waals surface area contributed by atoms with Gasteiger partial charge in [0.15, 0.2) is 0 Å². The Kier molecular flexibility index (Phi) is 6.37. The van der Waals surface area contributed by atoms with Crippen molar-refractivity contribution in [2.24, 2.45) is 5.92 Å². The van der Waals surface area contributed by atoms with Crippen LogP contribution in [0.15, 0.2) is 24.3 Å². The van der Waals surface area contributed by atoms with E-state index in [4.69, 9.17) is 5.11 Å². The Balaban J connectivity index is 2.71. The molecular weight excluding hydrogens is 268 g/mol. The van der Waals surface area contributed by atoms with Crippen LogP contribution in [-0.4, -0.2) is 42.0 Å². The van der Waals surface area contributed by atoms with E-state index in [-0.39, 0.29) is 24.3 Å². The number of benzene rings is 1. The minimum Gasteiger partial charge on any atom is -0.481 e. The van der Waals surface area contributed by atoms with Crippen LogP contribution in [0.5, 0.6) is 0 Å². The van der Waals surface area contributed by atoms with E-state index >= 15 is 0 Å². The highest BCUT2D eigenvalue weighted by Crippen LogP contribution is 2.10. The highest BCUT2D eigenvalue weighted by molar-refractivity contribution is 5.94. The Bertz CT molecular complexity index is 481. The van der Waals surface area contributed by atoms with E-state index in [1.54, 1.807) is 12.1 Å². The molecule has 0 aliphatic heterocycles. The Labute approximate surface area is 126 Å². The highest BCUT2D eigenvalue weighted by atomic mass is 16.4. The number of nitrogens with one attached hydrogen (secondary N) is 1. The Morgan fingerprint density at radius 3 is 2.19 bits per heavy atom. The summed E-state index contributed by atoms with van der Waals surface area (Å²) in [6.45, 7) is 4.61. The smallest absolute Gasteiger partial charge is 0.305 e. The molecule has 21 heavy (non-hydrogen) atoms. The zero-order chi connectivity index (χ0) is 16.0.